The molecule has 0 aromatic carbocycles. The molecule has 1 unspecified atom stereocenters. The smallest absolute Gasteiger partial charge is 0.155 e. The maximum Gasteiger partial charge on any atom is 0.155 e. The second-order valence-electron chi connectivity index (χ2n) is 3.78. The van der Waals surface area contributed by atoms with Crippen molar-refractivity contribution in [3.05, 3.63) is 29.7 Å². The predicted octanol–water partition coefficient (Wildman–Crippen LogP) is 1.35. The van der Waals surface area contributed by atoms with Gasteiger partial charge in [-0.2, -0.15) is 5.10 Å². The Labute approximate surface area is 89.1 Å². The van der Waals surface area contributed by atoms with Gasteiger partial charge in [0.2, 0.25) is 0 Å². The minimum absolute atomic E-state index is 0.365. The average Bonchev–Trinajstić information content (AvgIpc) is 2.69. The monoisotopic (exact) mass is 204 g/mol. The Bertz CT molecular complexity index is 461. The Balaban J connectivity index is 2.45. The van der Waals surface area contributed by atoms with Crippen molar-refractivity contribution in [1.29, 1.82) is 0 Å². The molecule has 2 rings (SSSR count). The second kappa shape index (κ2) is 3.98. The van der Waals surface area contributed by atoms with Gasteiger partial charge in [-0.15, -0.1) is 0 Å². The van der Waals surface area contributed by atoms with E-state index >= 15 is 0 Å². The van der Waals surface area contributed by atoms with E-state index in [2.05, 4.69) is 30.0 Å². The number of nitrogens with two attached hydrogens (primary N) is 1. The van der Waals surface area contributed by atoms with Crippen molar-refractivity contribution in [3.63, 3.8) is 0 Å². The van der Waals surface area contributed by atoms with Crippen molar-refractivity contribution in [2.24, 2.45) is 5.73 Å². The van der Waals surface area contributed by atoms with E-state index in [-0.39, 0.29) is 0 Å². The van der Waals surface area contributed by atoms with E-state index in [0.717, 1.165) is 17.9 Å². The molecule has 80 valence electrons. The summed E-state index contributed by atoms with van der Waals surface area (Å²) < 4.78 is 1.83. The van der Waals surface area contributed by atoms with Gasteiger partial charge in [-0.1, -0.05) is 19.9 Å². The van der Waals surface area contributed by atoms with Gasteiger partial charge in [-0.25, -0.2) is 9.50 Å². The van der Waals surface area contributed by atoms with Gasteiger partial charge in [0.15, 0.2) is 11.5 Å². The molecule has 0 bridgehead atoms. The summed E-state index contributed by atoms with van der Waals surface area (Å²) in [5.41, 5.74) is 7.74. The van der Waals surface area contributed by atoms with Gasteiger partial charge in [0, 0.05) is 12.6 Å². The molecule has 0 spiro atoms. The Hall–Kier alpha value is -1.42. The molecule has 1 atom stereocenters. The molecule has 0 aliphatic carbocycles. The average molecular weight is 204 g/mol. The predicted molar refractivity (Wildman–Crippen MR) is 59.8 cm³/mol. The maximum atomic E-state index is 5.63. The van der Waals surface area contributed by atoms with Crippen molar-refractivity contribution in [3.8, 4) is 0 Å². The van der Waals surface area contributed by atoms with Gasteiger partial charge >= 0.3 is 0 Å². The third kappa shape index (κ3) is 1.85. The van der Waals surface area contributed by atoms with Crippen LogP contribution < -0.4 is 5.73 Å². The SMILES string of the molecule is CCc1nc2ccc(C(C)CN)cn2n1. The quantitative estimate of drug-likeness (QED) is 0.821. The number of fused-ring (bicyclic) bond motifs is 1. The van der Waals surface area contributed by atoms with Gasteiger partial charge in [-0.05, 0) is 24.1 Å². The van der Waals surface area contributed by atoms with Crippen LogP contribution in [0.15, 0.2) is 18.3 Å². The lowest BCUT2D eigenvalue weighted by atomic mass is 10.0. The molecular formula is C11H16N4. The van der Waals surface area contributed by atoms with E-state index in [0.29, 0.717) is 12.5 Å². The summed E-state index contributed by atoms with van der Waals surface area (Å²) in [6, 6.07) is 4.06. The molecule has 0 radical (unpaired) electrons. The van der Waals surface area contributed by atoms with Crippen LogP contribution in [0.4, 0.5) is 0 Å². The number of aromatic nitrogens is 3. The summed E-state index contributed by atoms with van der Waals surface area (Å²) in [6.45, 7) is 4.82. The summed E-state index contributed by atoms with van der Waals surface area (Å²) in [4.78, 5) is 4.38. The first-order valence-corrected chi connectivity index (χ1v) is 5.30. The number of pyridine rings is 1. The van der Waals surface area contributed by atoms with Crippen molar-refractivity contribution in [2.45, 2.75) is 26.2 Å². The van der Waals surface area contributed by atoms with E-state index in [9.17, 15) is 0 Å². The van der Waals surface area contributed by atoms with E-state index in [1.807, 2.05) is 16.8 Å². The fourth-order valence-corrected chi connectivity index (χ4v) is 1.52. The molecule has 4 nitrogen and oxygen atoms in total. The molecule has 15 heavy (non-hydrogen) atoms. The zero-order valence-electron chi connectivity index (χ0n) is 9.14. The standard InChI is InChI=1S/C11H16N4/c1-3-10-13-11-5-4-9(8(2)6-12)7-15(11)14-10/h4-5,7-8H,3,6,12H2,1-2H3. The largest absolute Gasteiger partial charge is 0.330 e. The van der Waals surface area contributed by atoms with Crippen LogP contribution in [0.2, 0.25) is 0 Å². The maximum absolute atomic E-state index is 5.63. The Morgan fingerprint density at radius 1 is 1.47 bits per heavy atom. The molecule has 0 amide bonds. The first-order valence-electron chi connectivity index (χ1n) is 5.30. The number of nitrogens with zero attached hydrogens (tertiary/aromatic N) is 3. The van der Waals surface area contributed by atoms with Crippen LogP contribution in [0.25, 0.3) is 5.65 Å². The highest BCUT2D eigenvalue weighted by Gasteiger charge is 2.06. The first-order chi connectivity index (χ1) is 7.24. The first kappa shape index (κ1) is 10.1. The van der Waals surface area contributed by atoms with Crippen LogP contribution in [0.1, 0.15) is 31.2 Å². The van der Waals surface area contributed by atoms with E-state index in [4.69, 9.17) is 5.73 Å². The van der Waals surface area contributed by atoms with Gasteiger partial charge in [0.25, 0.3) is 0 Å². The zero-order chi connectivity index (χ0) is 10.8. The molecule has 2 heterocycles. The fraction of sp³-hybridized carbons (Fsp3) is 0.455. The molecule has 0 fully saturated rings. The van der Waals surface area contributed by atoms with Gasteiger partial charge in [-0.3, -0.25) is 0 Å². The molecule has 2 N–H and O–H groups in total. The minimum atomic E-state index is 0.365. The van der Waals surface area contributed by atoms with Crippen LogP contribution in [0.3, 0.4) is 0 Å². The summed E-state index contributed by atoms with van der Waals surface area (Å²) >= 11 is 0. The highest BCUT2D eigenvalue weighted by atomic mass is 15.3. The minimum Gasteiger partial charge on any atom is -0.330 e. The highest BCUT2D eigenvalue weighted by molar-refractivity contribution is 5.39. The van der Waals surface area contributed by atoms with Gasteiger partial charge in [0.05, 0.1) is 0 Å². The lowest BCUT2D eigenvalue weighted by Gasteiger charge is -2.07. The van der Waals surface area contributed by atoms with Gasteiger partial charge < -0.3 is 5.73 Å². The van der Waals surface area contributed by atoms with Crippen LogP contribution in [0, 0.1) is 0 Å². The van der Waals surface area contributed by atoms with Crippen molar-refractivity contribution in [2.75, 3.05) is 6.54 Å². The van der Waals surface area contributed by atoms with E-state index in [1.54, 1.807) is 0 Å². The third-order valence-electron chi connectivity index (χ3n) is 2.64. The summed E-state index contributed by atoms with van der Waals surface area (Å²) in [6.07, 6.45) is 2.88. The van der Waals surface area contributed by atoms with Crippen molar-refractivity contribution < 1.29 is 0 Å². The lowest BCUT2D eigenvalue weighted by Crippen LogP contribution is -2.09. The fourth-order valence-electron chi connectivity index (χ4n) is 1.52. The van der Waals surface area contributed by atoms with Crippen LogP contribution >= 0.6 is 0 Å². The Kier molecular flexibility index (Phi) is 2.68. The molecule has 0 aliphatic heterocycles. The van der Waals surface area contributed by atoms with Crippen LogP contribution in [0.5, 0.6) is 0 Å². The summed E-state index contributed by atoms with van der Waals surface area (Å²) in [7, 11) is 0. The Morgan fingerprint density at radius 3 is 2.93 bits per heavy atom. The number of hydrogen-bond donors (Lipinski definition) is 1. The highest BCUT2D eigenvalue weighted by Crippen LogP contribution is 2.14. The molecule has 0 saturated carbocycles. The molecule has 4 heteroatoms. The molecule has 0 saturated heterocycles. The van der Waals surface area contributed by atoms with Crippen LogP contribution in [-0.2, 0) is 6.42 Å². The zero-order valence-corrected chi connectivity index (χ0v) is 9.14. The normalized spacial score (nSPS) is 13.3. The lowest BCUT2D eigenvalue weighted by molar-refractivity contribution is 0.758. The molecule has 2 aromatic rings. The van der Waals surface area contributed by atoms with E-state index in [1.165, 1.54) is 5.56 Å². The van der Waals surface area contributed by atoms with Crippen LogP contribution in [-0.4, -0.2) is 21.1 Å². The third-order valence-corrected chi connectivity index (χ3v) is 2.64. The number of aryl methyl sites for hydroxylation is 1. The molecule has 2 aromatic heterocycles. The molecular weight excluding hydrogens is 188 g/mol. The summed E-state index contributed by atoms with van der Waals surface area (Å²) in [5.74, 6) is 1.25. The van der Waals surface area contributed by atoms with Crippen molar-refractivity contribution >= 4 is 5.65 Å². The summed E-state index contributed by atoms with van der Waals surface area (Å²) in [5, 5.41) is 4.37. The second-order valence-corrected chi connectivity index (χ2v) is 3.78. The number of hydrogen-bond acceptors (Lipinski definition) is 3. The van der Waals surface area contributed by atoms with E-state index < -0.39 is 0 Å². The number of rotatable bonds is 3. The Morgan fingerprint density at radius 2 is 2.27 bits per heavy atom. The molecule has 0 aliphatic rings. The van der Waals surface area contributed by atoms with Crippen molar-refractivity contribution in [1.82, 2.24) is 14.6 Å². The van der Waals surface area contributed by atoms with Gasteiger partial charge in [0.1, 0.15) is 0 Å². The topological polar surface area (TPSA) is 56.2 Å².